The number of carbonyl (C=O) groups excluding carboxylic acids is 1. The third-order valence-electron chi connectivity index (χ3n) is 2.48. The molecule has 0 radical (unpaired) electrons. The van der Waals surface area contributed by atoms with E-state index < -0.39 is 0 Å². The molecule has 1 N–H and O–H groups in total. The number of aliphatic hydroxyl groups excluding tert-OH is 1. The lowest BCUT2D eigenvalue weighted by Crippen LogP contribution is -2.32. The van der Waals surface area contributed by atoms with Gasteiger partial charge in [-0.15, -0.1) is 0 Å². The zero-order valence-electron chi connectivity index (χ0n) is 9.18. The van der Waals surface area contributed by atoms with E-state index in [2.05, 4.69) is 0 Å². The lowest BCUT2D eigenvalue weighted by molar-refractivity contribution is -0.131. The number of amides is 1. The van der Waals surface area contributed by atoms with Crippen molar-refractivity contribution in [3.05, 3.63) is 35.9 Å². The Morgan fingerprint density at radius 3 is 2.53 bits per heavy atom. The van der Waals surface area contributed by atoms with Crippen LogP contribution in [0.15, 0.2) is 30.3 Å². The first-order chi connectivity index (χ1) is 7.16. The van der Waals surface area contributed by atoms with E-state index in [1.807, 2.05) is 37.3 Å². The molecule has 0 aromatic heterocycles. The maximum absolute atomic E-state index is 11.8. The fourth-order valence-corrected chi connectivity index (χ4v) is 1.48. The second kappa shape index (κ2) is 5.51. The molecule has 1 rings (SSSR count). The molecule has 3 heteroatoms. The molecule has 3 nitrogen and oxygen atoms in total. The Labute approximate surface area is 90.3 Å². The van der Waals surface area contributed by atoms with Crippen molar-refractivity contribution in [1.82, 2.24) is 4.90 Å². The quantitative estimate of drug-likeness (QED) is 0.807. The highest BCUT2D eigenvalue weighted by molar-refractivity contribution is 5.83. The van der Waals surface area contributed by atoms with Gasteiger partial charge in [-0.05, 0) is 12.5 Å². The van der Waals surface area contributed by atoms with Crippen molar-refractivity contribution >= 4 is 5.91 Å². The predicted octanol–water partition coefficient (Wildman–Crippen LogP) is 1.24. The second-order valence-corrected chi connectivity index (χ2v) is 3.62. The summed E-state index contributed by atoms with van der Waals surface area (Å²) in [6.45, 7) is 2.27. The lowest BCUT2D eigenvalue weighted by Gasteiger charge is -2.20. The van der Waals surface area contributed by atoms with Crippen LogP contribution < -0.4 is 0 Å². The van der Waals surface area contributed by atoms with Crippen LogP contribution in [0.4, 0.5) is 0 Å². The molecule has 0 bridgehead atoms. The third kappa shape index (κ3) is 3.06. The Morgan fingerprint density at radius 2 is 2.00 bits per heavy atom. The van der Waals surface area contributed by atoms with Gasteiger partial charge in [0.05, 0.1) is 12.5 Å². The van der Waals surface area contributed by atoms with E-state index in [4.69, 9.17) is 5.11 Å². The zero-order chi connectivity index (χ0) is 11.3. The lowest BCUT2D eigenvalue weighted by atomic mass is 10.00. The SMILES string of the molecule is CC(C(=O)N(C)CCO)c1ccccc1. The van der Waals surface area contributed by atoms with Crippen LogP contribution in [0.5, 0.6) is 0 Å². The van der Waals surface area contributed by atoms with Crippen molar-refractivity contribution in [1.29, 1.82) is 0 Å². The van der Waals surface area contributed by atoms with Crippen LogP contribution in [-0.4, -0.2) is 36.1 Å². The molecular weight excluding hydrogens is 190 g/mol. The molecule has 0 aliphatic carbocycles. The molecule has 1 aromatic carbocycles. The van der Waals surface area contributed by atoms with Crippen LogP contribution in [0.3, 0.4) is 0 Å². The van der Waals surface area contributed by atoms with Crippen LogP contribution in [-0.2, 0) is 4.79 Å². The molecule has 0 spiro atoms. The average molecular weight is 207 g/mol. The summed E-state index contributed by atoms with van der Waals surface area (Å²) < 4.78 is 0. The Morgan fingerprint density at radius 1 is 1.40 bits per heavy atom. The van der Waals surface area contributed by atoms with Gasteiger partial charge >= 0.3 is 0 Å². The fraction of sp³-hybridized carbons (Fsp3) is 0.417. The van der Waals surface area contributed by atoms with Crippen LogP contribution in [0.1, 0.15) is 18.4 Å². The summed E-state index contributed by atoms with van der Waals surface area (Å²) in [5.74, 6) is -0.113. The largest absolute Gasteiger partial charge is 0.395 e. The van der Waals surface area contributed by atoms with Crippen LogP contribution in [0, 0.1) is 0 Å². The topological polar surface area (TPSA) is 40.5 Å². The Hall–Kier alpha value is -1.35. The summed E-state index contributed by atoms with van der Waals surface area (Å²) in [4.78, 5) is 13.4. The molecule has 0 saturated carbocycles. The summed E-state index contributed by atoms with van der Waals surface area (Å²) in [7, 11) is 1.71. The van der Waals surface area contributed by atoms with Crippen molar-refractivity contribution in [2.75, 3.05) is 20.2 Å². The maximum atomic E-state index is 11.8. The number of nitrogens with zero attached hydrogens (tertiary/aromatic N) is 1. The van der Waals surface area contributed by atoms with E-state index in [9.17, 15) is 4.79 Å². The van der Waals surface area contributed by atoms with Gasteiger partial charge in [-0.3, -0.25) is 4.79 Å². The first kappa shape index (κ1) is 11.7. The van der Waals surface area contributed by atoms with E-state index in [0.717, 1.165) is 5.56 Å². The van der Waals surface area contributed by atoms with E-state index in [1.54, 1.807) is 11.9 Å². The highest BCUT2D eigenvalue weighted by atomic mass is 16.3. The van der Waals surface area contributed by atoms with E-state index >= 15 is 0 Å². The molecule has 1 amide bonds. The Balaban J connectivity index is 2.69. The zero-order valence-corrected chi connectivity index (χ0v) is 9.18. The minimum atomic E-state index is -0.150. The van der Waals surface area contributed by atoms with Crippen molar-refractivity contribution in [2.45, 2.75) is 12.8 Å². The second-order valence-electron chi connectivity index (χ2n) is 3.62. The number of hydrogen-bond donors (Lipinski definition) is 1. The van der Waals surface area contributed by atoms with Gasteiger partial charge in [-0.1, -0.05) is 30.3 Å². The van der Waals surface area contributed by atoms with Gasteiger partial charge in [-0.25, -0.2) is 0 Å². The molecular formula is C12H17NO2. The van der Waals surface area contributed by atoms with Crippen LogP contribution >= 0.6 is 0 Å². The highest BCUT2D eigenvalue weighted by Crippen LogP contribution is 2.16. The van der Waals surface area contributed by atoms with Crippen molar-refractivity contribution in [3.63, 3.8) is 0 Å². The van der Waals surface area contributed by atoms with Crippen molar-refractivity contribution in [3.8, 4) is 0 Å². The third-order valence-corrected chi connectivity index (χ3v) is 2.48. The minimum Gasteiger partial charge on any atom is -0.395 e. The summed E-state index contributed by atoms with van der Waals surface area (Å²) in [5, 5.41) is 8.74. The van der Waals surface area contributed by atoms with Crippen LogP contribution in [0.2, 0.25) is 0 Å². The minimum absolute atomic E-state index is 0.00372. The van der Waals surface area contributed by atoms with Gasteiger partial charge in [0.15, 0.2) is 0 Å². The molecule has 1 aromatic rings. The van der Waals surface area contributed by atoms with Gasteiger partial charge in [-0.2, -0.15) is 0 Å². The standard InChI is InChI=1S/C12H17NO2/c1-10(11-6-4-3-5-7-11)12(15)13(2)8-9-14/h3-7,10,14H,8-9H2,1-2H3. The van der Waals surface area contributed by atoms with Gasteiger partial charge in [0, 0.05) is 13.6 Å². The van der Waals surface area contributed by atoms with E-state index in [0.29, 0.717) is 6.54 Å². The van der Waals surface area contributed by atoms with Gasteiger partial charge in [0.25, 0.3) is 0 Å². The molecule has 0 fully saturated rings. The van der Waals surface area contributed by atoms with Crippen molar-refractivity contribution in [2.24, 2.45) is 0 Å². The van der Waals surface area contributed by atoms with E-state index in [1.165, 1.54) is 0 Å². The first-order valence-electron chi connectivity index (χ1n) is 5.07. The molecule has 0 aliphatic heterocycles. The fourth-order valence-electron chi connectivity index (χ4n) is 1.48. The highest BCUT2D eigenvalue weighted by Gasteiger charge is 2.18. The average Bonchev–Trinajstić information content (AvgIpc) is 2.28. The molecule has 82 valence electrons. The number of hydrogen-bond acceptors (Lipinski definition) is 2. The van der Waals surface area contributed by atoms with Gasteiger partial charge in [0.1, 0.15) is 0 Å². The summed E-state index contributed by atoms with van der Waals surface area (Å²) in [5.41, 5.74) is 1.01. The monoisotopic (exact) mass is 207 g/mol. The number of carbonyl (C=O) groups is 1. The first-order valence-corrected chi connectivity index (χ1v) is 5.07. The summed E-state index contributed by atoms with van der Waals surface area (Å²) in [6.07, 6.45) is 0. The number of aliphatic hydroxyl groups is 1. The molecule has 0 heterocycles. The number of likely N-dealkylation sites (N-methyl/N-ethyl adjacent to an activating group) is 1. The van der Waals surface area contributed by atoms with E-state index in [-0.39, 0.29) is 18.4 Å². The predicted molar refractivity (Wildman–Crippen MR) is 59.6 cm³/mol. The van der Waals surface area contributed by atoms with Gasteiger partial charge < -0.3 is 10.0 Å². The Bertz CT molecular complexity index is 311. The maximum Gasteiger partial charge on any atom is 0.229 e. The Kier molecular flexibility index (Phi) is 4.31. The molecule has 1 unspecified atom stereocenters. The molecule has 1 atom stereocenters. The number of rotatable bonds is 4. The van der Waals surface area contributed by atoms with Gasteiger partial charge in [0.2, 0.25) is 5.91 Å². The normalized spacial score (nSPS) is 12.2. The number of benzene rings is 1. The smallest absolute Gasteiger partial charge is 0.229 e. The van der Waals surface area contributed by atoms with Crippen LogP contribution in [0.25, 0.3) is 0 Å². The molecule has 0 saturated heterocycles. The molecule has 0 aliphatic rings. The summed E-state index contributed by atoms with van der Waals surface area (Å²) >= 11 is 0. The summed E-state index contributed by atoms with van der Waals surface area (Å²) in [6, 6.07) is 9.65. The van der Waals surface area contributed by atoms with Crippen molar-refractivity contribution < 1.29 is 9.90 Å². The molecule has 15 heavy (non-hydrogen) atoms.